The molecule has 0 saturated carbocycles. The van der Waals surface area contributed by atoms with Gasteiger partial charge in [-0.3, -0.25) is 4.90 Å². The molecule has 0 aromatic heterocycles. The van der Waals surface area contributed by atoms with E-state index in [-0.39, 0.29) is 0 Å². The number of aliphatic carboxylic acids is 2. The molecular formula is C23H25ClN2O4S. The number of hydrogen-bond acceptors (Lipinski definition) is 5. The molecule has 1 saturated heterocycles. The molecule has 164 valence electrons. The van der Waals surface area contributed by atoms with Crippen LogP contribution in [0.3, 0.4) is 0 Å². The zero-order valence-electron chi connectivity index (χ0n) is 17.2. The van der Waals surface area contributed by atoms with E-state index in [1.165, 1.54) is 20.9 Å². The van der Waals surface area contributed by atoms with Gasteiger partial charge in [0.1, 0.15) is 0 Å². The Hall–Kier alpha value is -2.32. The lowest BCUT2D eigenvalue weighted by Crippen LogP contribution is -2.46. The molecule has 8 heteroatoms. The highest BCUT2D eigenvalue weighted by molar-refractivity contribution is 7.99. The average molecular weight is 461 g/mol. The van der Waals surface area contributed by atoms with Crippen molar-refractivity contribution in [3.05, 3.63) is 70.8 Å². The first-order chi connectivity index (χ1) is 14.8. The molecule has 0 amide bonds. The Morgan fingerprint density at radius 1 is 1.00 bits per heavy atom. The summed E-state index contributed by atoms with van der Waals surface area (Å²) in [5.74, 6) is -2.51. The van der Waals surface area contributed by atoms with Crippen LogP contribution < -0.4 is 0 Å². The zero-order valence-corrected chi connectivity index (χ0v) is 18.8. The molecule has 6 nitrogen and oxygen atoms in total. The number of carboxylic acid groups (broad SMARTS) is 2. The Balaban J connectivity index is 0.000000293. The summed E-state index contributed by atoms with van der Waals surface area (Å²) in [7, 11) is 2.21. The van der Waals surface area contributed by atoms with Crippen LogP contribution >= 0.6 is 23.4 Å². The number of likely N-dealkylation sites (N-methyl/N-ethyl adjacent to an activating group) is 1. The Morgan fingerprint density at radius 2 is 1.65 bits per heavy atom. The van der Waals surface area contributed by atoms with E-state index in [4.69, 9.17) is 21.8 Å². The standard InChI is InChI=1S/C19H21ClN2S.C4H4O4/c1-21-8-10-22(11-9-21)17-12-14-6-7-15(20)13-19(14)23-18-5-3-2-4-16(17)18;5-3(6)1-2-4(7)8/h2-7,13,17H,8-12H2,1H3;1-2H,(H,5,6)(H,7,8). The molecular weight excluding hydrogens is 436 g/mol. The lowest BCUT2D eigenvalue weighted by Gasteiger charge is -2.38. The van der Waals surface area contributed by atoms with Gasteiger partial charge in [-0.1, -0.05) is 47.6 Å². The SMILES string of the molecule is CN1CCN(C2Cc3ccc(Cl)cc3Sc3ccccc32)CC1.O=C(O)C=CC(=O)O. The van der Waals surface area contributed by atoms with Crippen LogP contribution in [0.1, 0.15) is 17.2 Å². The van der Waals surface area contributed by atoms with Crippen molar-refractivity contribution in [2.45, 2.75) is 22.3 Å². The van der Waals surface area contributed by atoms with Gasteiger partial charge in [-0.25, -0.2) is 9.59 Å². The minimum atomic E-state index is -1.26. The number of carbonyl (C=O) groups is 2. The molecule has 1 fully saturated rings. The zero-order chi connectivity index (χ0) is 22.4. The third kappa shape index (κ3) is 6.58. The van der Waals surface area contributed by atoms with Gasteiger partial charge in [-0.15, -0.1) is 0 Å². The molecule has 1 unspecified atom stereocenters. The number of rotatable bonds is 3. The number of fused-ring (bicyclic) bond motifs is 2. The van der Waals surface area contributed by atoms with Crippen LogP contribution in [0.2, 0.25) is 5.02 Å². The fourth-order valence-electron chi connectivity index (χ4n) is 3.68. The van der Waals surface area contributed by atoms with Gasteiger partial charge in [0.15, 0.2) is 0 Å². The first-order valence-electron chi connectivity index (χ1n) is 9.95. The van der Waals surface area contributed by atoms with E-state index in [1.54, 1.807) is 0 Å². The Bertz CT molecular complexity index is 958. The summed E-state index contributed by atoms with van der Waals surface area (Å²) in [6.45, 7) is 4.59. The molecule has 2 aromatic rings. The third-order valence-electron chi connectivity index (χ3n) is 5.29. The number of halogens is 1. The quantitative estimate of drug-likeness (QED) is 0.669. The second-order valence-corrected chi connectivity index (χ2v) is 8.98. The number of benzene rings is 2. The smallest absolute Gasteiger partial charge is 0.328 e. The molecule has 1 atom stereocenters. The number of piperazine rings is 1. The van der Waals surface area contributed by atoms with E-state index in [2.05, 4.69) is 53.2 Å². The normalized spacial score (nSPS) is 19.0. The van der Waals surface area contributed by atoms with Crippen molar-refractivity contribution >= 4 is 35.3 Å². The maximum atomic E-state index is 9.55. The van der Waals surface area contributed by atoms with Crippen LogP contribution in [-0.4, -0.2) is 65.2 Å². The average Bonchev–Trinajstić information content (AvgIpc) is 2.89. The first kappa shape index (κ1) is 23.3. The van der Waals surface area contributed by atoms with E-state index in [0.29, 0.717) is 18.2 Å². The van der Waals surface area contributed by atoms with Crippen LogP contribution in [0.25, 0.3) is 0 Å². The third-order valence-corrected chi connectivity index (χ3v) is 6.71. The van der Waals surface area contributed by atoms with Crippen molar-refractivity contribution in [1.29, 1.82) is 0 Å². The fourth-order valence-corrected chi connectivity index (χ4v) is 5.09. The highest BCUT2D eigenvalue weighted by Crippen LogP contribution is 2.43. The summed E-state index contributed by atoms with van der Waals surface area (Å²) in [5, 5.41) is 16.5. The van der Waals surface area contributed by atoms with Gasteiger partial charge < -0.3 is 15.1 Å². The fraction of sp³-hybridized carbons (Fsp3) is 0.304. The summed E-state index contributed by atoms with van der Waals surface area (Å²) < 4.78 is 0. The molecule has 4 rings (SSSR count). The van der Waals surface area contributed by atoms with Crippen molar-refractivity contribution in [3.63, 3.8) is 0 Å². The number of carboxylic acids is 2. The Labute approximate surface area is 191 Å². The van der Waals surface area contributed by atoms with Crippen LogP contribution in [0.5, 0.6) is 0 Å². The molecule has 0 spiro atoms. The molecule has 2 aliphatic rings. The van der Waals surface area contributed by atoms with Gasteiger partial charge >= 0.3 is 11.9 Å². The minimum absolute atomic E-state index is 0.467. The van der Waals surface area contributed by atoms with Crippen molar-refractivity contribution in [2.24, 2.45) is 0 Å². The van der Waals surface area contributed by atoms with Gasteiger partial charge in [0.05, 0.1) is 0 Å². The highest BCUT2D eigenvalue weighted by atomic mass is 35.5. The summed E-state index contributed by atoms with van der Waals surface area (Å²) in [6, 6.07) is 15.7. The van der Waals surface area contributed by atoms with E-state index >= 15 is 0 Å². The molecule has 31 heavy (non-hydrogen) atoms. The minimum Gasteiger partial charge on any atom is -0.478 e. The molecule has 0 bridgehead atoms. The van der Waals surface area contributed by atoms with Crippen molar-refractivity contribution in [3.8, 4) is 0 Å². The van der Waals surface area contributed by atoms with Gasteiger partial charge in [-0.2, -0.15) is 0 Å². The maximum absolute atomic E-state index is 9.55. The predicted molar refractivity (Wildman–Crippen MR) is 122 cm³/mol. The van der Waals surface area contributed by atoms with Crippen LogP contribution in [0.4, 0.5) is 0 Å². The second kappa shape index (κ2) is 10.8. The molecule has 2 aromatic carbocycles. The summed E-state index contributed by atoms with van der Waals surface area (Å²) in [4.78, 5) is 26.9. The largest absolute Gasteiger partial charge is 0.478 e. The van der Waals surface area contributed by atoms with E-state index in [0.717, 1.165) is 37.6 Å². The monoisotopic (exact) mass is 460 g/mol. The van der Waals surface area contributed by atoms with Crippen LogP contribution in [0, 0.1) is 0 Å². The van der Waals surface area contributed by atoms with Crippen LogP contribution in [0.15, 0.2) is 64.4 Å². The lowest BCUT2D eigenvalue weighted by atomic mass is 9.96. The summed E-state index contributed by atoms with van der Waals surface area (Å²) in [5.41, 5.74) is 2.88. The molecule has 0 aliphatic carbocycles. The van der Waals surface area contributed by atoms with E-state index < -0.39 is 11.9 Å². The molecule has 2 heterocycles. The van der Waals surface area contributed by atoms with E-state index in [9.17, 15) is 9.59 Å². The second-order valence-electron chi connectivity index (χ2n) is 7.46. The van der Waals surface area contributed by atoms with Gasteiger partial charge in [0.25, 0.3) is 0 Å². The molecule has 2 aliphatic heterocycles. The van der Waals surface area contributed by atoms with Crippen molar-refractivity contribution in [1.82, 2.24) is 9.80 Å². The molecule has 0 radical (unpaired) electrons. The predicted octanol–water partition coefficient (Wildman–Crippen LogP) is 4.05. The number of nitrogens with zero attached hydrogens (tertiary/aromatic N) is 2. The summed E-state index contributed by atoms with van der Waals surface area (Å²) >= 11 is 8.09. The van der Waals surface area contributed by atoms with Gasteiger partial charge in [0, 0.05) is 59.2 Å². The van der Waals surface area contributed by atoms with Crippen LogP contribution in [-0.2, 0) is 16.0 Å². The lowest BCUT2D eigenvalue weighted by molar-refractivity contribution is -0.134. The van der Waals surface area contributed by atoms with Crippen molar-refractivity contribution in [2.75, 3.05) is 33.2 Å². The van der Waals surface area contributed by atoms with E-state index in [1.807, 2.05) is 17.8 Å². The number of hydrogen-bond donors (Lipinski definition) is 2. The van der Waals surface area contributed by atoms with Crippen molar-refractivity contribution < 1.29 is 19.8 Å². The molecule has 2 N–H and O–H groups in total. The Kier molecular flexibility index (Phi) is 8.15. The maximum Gasteiger partial charge on any atom is 0.328 e. The first-order valence-corrected chi connectivity index (χ1v) is 11.1. The summed E-state index contributed by atoms with van der Waals surface area (Å²) in [6.07, 6.45) is 2.19. The topological polar surface area (TPSA) is 81.1 Å². The highest BCUT2D eigenvalue weighted by Gasteiger charge is 2.29. The van der Waals surface area contributed by atoms with Gasteiger partial charge in [0.2, 0.25) is 0 Å². The Morgan fingerprint density at radius 3 is 2.29 bits per heavy atom. The van der Waals surface area contributed by atoms with Gasteiger partial charge in [-0.05, 0) is 42.8 Å².